The summed E-state index contributed by atoms with van der Waals surface area (Å²) in [7, 11) is 0. The summed E-state index contributed by atoms with van der Waals surface area (Å²) < 4.78 is 21.7. The molecule has 2 aromatic rings. The summed E-state index contributed by atoms with van der Waals surface area (Å²) in [4.78, 5) is 41.1. The van der Waals surface area contributed by atoms with Crippen LogP contribution in [0.5, 0.6) is 0 Å². The number of esters is 1. The minimum atomic E-state index is -1.28. The zero-order chi connectivity index (χ0) is 32.8. The lowest BCUT2D eigenvalue weighted by atomic mass is 9.62. The van der Waals surface area contributed by atoms with Crippen LogP contribution in [0.1, 0.15) is 90.2 Å². The van der Waals surface area contributed by atoms with E-state index >= 15 is 4.39 Å². The highest BCUT2D eigenvalue weighted by Gasteiger charge is 2.66. The van der Waals surface area contributed by atoms with Crippen LogP contribution in [0, 0.1) is 23.1 Å². The monoisotopic (exact) mass is 659 g/mol. The molecule has 0 aromatic heterocycles. The largest absolute Gasteiger partial charge is 0.461 e. The first kappa shape index (κ1) is 33.8. The molecule has 45 heavy (non-hydrogen) atoms. The predicted molar refractivity (Wildman–Crippen MR) is 175 cm³/mol. The molecule has 2 fully saturated rings. The SMILES string of the molecule is CC(C)[C@H](N)C(=O)OC1CCC(CC(=O)[C@@H]2N[C@H](CC(C)(C)C)[C@]3(C(=O)Nc4cc(Cl)ccc43)[C@H]2c2cccc(Cl)c2F)CC1. The van der Waals surface area contributed by atoms with E-state index in [1.807, 2.05) is 19.9 Å². The van der Waals surface area contributed by atoms with Gasteiger partial charge in [0.05, 0.1) is 11.1 Å². The fourth-order valence-electron chi connectivity index (χ4n) is 7.58. The Kier molecular flexibility index (Phi) is 9.73. The maximum absolute atomic E-state index is 16.0. The summed E-state index contributed by atoms with van der Waals surface area (Å²) >= 11 is 12.6. The van der Waals surface area contributed by atoms with Gasteiger partial charge in [0, 0.05) is 29.1 Å². The van der Waals surface area contributed by atoms with Crippen LogP contribution >= 0.6 is 23.2 Å². The van der Waals surface area contributed by atoms with Crippen LogP contribution in [0.3, 0.4) is 0 Å². The minimum absolute atomic E-state index is 0.0149. The van der Waals surface area contributed by atoms with Crippen molar-refractivity contribution in [2.24, 2.45) is 23.0 Å². The Morgan fingerprint density at radius 2 is 1.80 bits per heavy atom. The van der Waals surface area contributed by atoms with E-state index in [0.717, 1.165) is 0 Å². The van der Waals surface area contributed by atoms with Crippen molar-refractivity contribution in [3.63, 3.8) is 0 Å². The summed E-state index contributed by atoms with van der Waals surface area (Å²) in [6.45, 7) is 10.0. The van der Waals surface area contributed by atoms with Crippen molar-refractivity contribution in [3.8, 4) is 0 Å². The third-order valence-corrected chi connectivity index (χ3v) is 10.4. The molecule has 4 N–H and O–H groups in total. The first-order chi connectivity index (χ1) is 21.1. The van der Waals surface area contributed by atoms with Gasteiger partial charge in [0.2, 0.25) is 5.91 Å². The summed E-state index contributed by atoms with van der Waals surface area (Å²) in [6.07, 6.45) is 3.30. The molecule has 1 spiro atoms. The van der Waals surface area contributed by atoms with Crippen LogP contribution in [0.4, 0.5) is 10.1 Å². The molecule has 7 nitrogen and oxygen atoms in total. The van der Waals surface area contributed by atoms with Crippen molar-refractivity contribution < 1.29 is 23.5 Å². The van der Waals surface area contributed by atoms with Crippen LogP contribution in [0.25, 0.3) is 0 Å². The van der Waals surface area contributed by atoms with E-state index in [0.29, 0.717) is 48.4 Å². The summed E-state index contributed by atoms with van der Waals surface area (Å²) in [5, 5.41) is 6.99. The number of halogens is 3. The van der Waals surface area contributed by atoms with Crippen LogP contribution < -0.4 is 16.4 Å². The van der Waals surface area contributed by atoms with Crippen molar-refractivity contribution in [3.05, 3.63) is 63.4 Å². The molecule has 1 saturated heterocycles. The van der Waals surface area contributed by atoms with E-state index in [2.05, 4.69) is 31.4 Å². The van der Waals surface area contributed by atoms with Gasteiger partial charge in [-0.05, 0) is 78.7 Å². The first-order valence-electron chi connectivity index (χ1n) is 15.9. The van der Waals surface area contributed by atoms with Crippen molar-refractivity contribution in [1.29, 1.82) is 0 Å². The fourth-order valence-corrected chi connectivity index (χ4v) is 7.94. The van der Waals surface area contributed by atoms with Gasteiger partial charge in [0.25, 0.3) is 0 Å². The van der Waals surface area contributed by atoms with Gasteiger partial charge in [-0.1, -0.05) is 76.0 Å². The van der Waals surface area contributed by atoms with Crippen LogP contribution in [0.2, 0.25) is 10.0 Å². The number of anilines is 1. The van der Waals surface area contributed by atoms with E-state index in [1.165, 1.54) is 6.07 Å². The molecular weight excluding hydrogens is 616 g/mol. The number of rotatable bonds is 8. The number of Topliss-reactive ketones (excluding diaryl/α,β-unsaturated/α-hetero) is 1. The molecule has 3 aliphatic rings. The maximum Gasteiger partial charge on any atom is 0.323 e. The molecule has 5 atom stereocenters. The molecule has 1 amide bonds. The number of benzene rings is 2. The van der Waals surface area contributed by atoms with Crippen molar-refractivity contribution in [2.75, 3.05) is 5.32 Å². The van der Waals surface area contributed by atoms with E-state index in [1.54, 1.807) is 24.3 Å². The number of carbonyl (C=O) groups is 3. The quantitative estimate of drug-likeness (QED) is 0.265. The zero-order valence-electron chi connectivity index (χ0n) is 26.6. The third-order valence-electron chi connectivity index (χ3n) is 9.84. The highest BCUT2D eigenvalue weighted by atomic mass is 35.5. The van der Waals surface area contributed by atoms with Gasteiger partial charge in [-0.3, -0.25) is 14.4 Å². The van der Waals surface area contributed by atoms with Crippen molar-refractivity contribution >= 4 is 46.5 Å². The zero-order valence-corrected chi connectivity index (χ0v) is 28.1. The molecule has 2 heterocycles. The highest BCUT2D eigenvalue weighted by molar-refractivity contribution is 6.31. The third kappa shape index (κ3) is 6.53. The lowest BCUT2D eigenvalue weighted by Gasteiger charge is -2.38. The molecule has 5 rings (SSSR count). The Morgan fingerprint density at radius 3 is 2.44 bits per heavy atom. The van der Waals surface area contributed by atoms with E-state index in [4.69, 9.17) is 33.7 Å². The average molecular weight is 661 g/mol. The lowest BCUT2D eigenvalue weighted by Crippen LogP contribution is -2.49. The number of hydrogen-bond acceptors (Lipinski definition) is 6. The van der Waals surface area contributed by atoms with E-state index in [-0.39, 0.29) is 52.1 Å². The second-order valence-electron chi connectivity index (χ2n) is 14.6. The second kappa shape index (κ2) is 12.9. The Morgan fingerprint density at radius 1 is 1.11 bits per heavy atom. The number of hydrogen-bond donors (Lipinski definition) is 3. The van der Waals surface area contributed by atoms with Gasteiger partial charge >= 0.3 is 5.97 Å². The molecule has 1 aliphatic carbocycles. The summed E-state index contributed by atoms with van der Waals surface area (Å²) in [5.41, 5.74) is 5.97. The molecule has 244 valence electrons. The number of fused-ring (bicyclic) bond motifs is 2. The highest BCUT2D eigenvalue weighted by Crippen LogP contribution is 2.57. The number of carbonyl (C=O) groups excluding carboxylic acids is 3. The van der Waals surface area contributed by atoms with Crippen molar-refractivity contribution in [1.82, 2.24) is 5.32 Å². The predicted octanol–water partition coefficient (Wildman–Crippen LogP) is 6.93. The Labute approximate surface area is 275 Å². The van der Waals surface area contributed by atoms with Crippen molar-refractivity contribution in [2.45, 2.75) is 109 Å². The van der Waals surface area contributed by atoms with Crippen LogP contribution in [-0.2, 0) is 24.5 Å². The topological polar surface area (TPSA) is 111 Å². The average Bonchev–Trinajstić information content (AvgIpc) is 3.44. The maximum atomic E-state index is 16.0. The first-order valence-corrected chi connectivity index (χ1v) is 16.7. The standard InChI is InChI=1S/C35H44Cl2FN3O4/c1-18(2)30(39)32(43)45-21-12-9-19(10-13-21)15-26(42)31-28(22-7-6-8-24(37)29(22)38)35(27(41-31)17-34(3,4)5)23-14-11-20(36)16-25(23)40-33(35)44/h6-8,11,14,16,18-19,21,27-28,30-31,41H,9-10,12-13,15,17,39H2,1-5H3,(H,40,44)/t19?,21?,27-,28+,30+,31+,35+/m1/s1. The van der Waals surface area contributed by atoms with Gasteiger partial charge < -0.3 is 21.1 Å². The number of nitrogens with one attached hydrogen (secondary N) is 2. The molecule has 0 bridgehead atoms. The molecule has 0 radical (unpaired) electrons. The number of ether oxygens (including phenoxy) is 1. The lowest BCUT2D eigenvalue weighted by molar-refractivity contribution is -0.154. The van der Waals surface area contributed by atoms with Gasteiger partial charge in [0.15, 0.2) is 5.78 Å². The number of amides is 1. The molecule has 1 saturated carbocycles. The summed E-state index contributed by atoms with van der Waals surface area (Å²) in [5.74, 6) is -2.18. The Balaban J connectivity index is 1.48. The van der Waals surface area contributed by atoms with Crippen LogP contribution in [0.15, 0.2) is 36.4 Å². The second-order valence-corrected chi connectivity index (χ2v) is 15.5. The number of ketones is 1. The fraction of sp³-hybridized carbons (Fsp3) is 0.571. The molecule has 2 aliphatic heterocycles. The van der Waals surface area contributed by atoms with Gasteiger partial charge in [-0.15, -0.1) is 0 Å². The minimum Gasteiger partial charge on any atom is -0.461 e. The Bertz CT molecular complexity index is 1470. The smallest absolute Gasteiger partial charge is 0.323 e. The van der Waals surface area contributed by atoms with Gasteiger partial charge in [0.1, 0.15) is 23.4 Å². The molecular formula is C35H44Cl2FN3O4. The molecule has 0 unspecified atom stereocenters. The van der Waals surface area contributed by atoms with Gasteiger partial charge in [-0.2, -0.15) is 0 Å². The van der Waals surface area contributed by atoms with Crippen LogP contribution in [-0.4, -0.2) is 41.9 Å². The summed E-state index contributed by atoms with van der Waals surface area (Å²) in [6, 6.07) is 8.06. The molecule has 10 heteroatoms. The van der Waals surface area contributed by atoms with E-state index < -0.39 is 41.2 Å². The Hall–Kier alpha value is -2.52. The van der Waals surface area contributed by atoms with Gasteiger partial charge in [-0.25, -0.2) is 4.39 Å². The van der Waals surface area contributed by atoms with E-state index in [9.17, 15) is 14.4 Å². The normalized spacial score (nSPS) is 28.7. The number of nitrogens with two attached hydrogens (primary N) is 1. The molecule has 2 aromatic carbocycles.